The van der Waals surface area contributed by atoms with Gasteiger partial charge in [0, 0.05) is 24.2 Å². The number of carbonyl (C=O) groups excluding carboxylic acids is 1. The second kappa shape index (κ2) is 9.23. The third-order valence-corrected chi connectivity index (χ3v) is 3.29. The van der Waals surface area contributed by atoms with Gasteiger partial charge in [0.15, 0.2) is 0 Å². The Bertz CT molecular complexity index is 419. The first-order valence-electron chi connectivity index (χ1n) is 7.36. The summed E-state index contributed by atoms with van der Waals surface area (Å²) in [5.74, 6) is 0.841. The Labute approximate surface area is 121 Å². The number of nitrogens with two attached hydrogens (primary N) is 1. The lowest BCUT2D eigenvalue weighted by molar-refractivity contribution is -0.121. The van der Waals surface area contributed by atoms with E-state index in [0.717, 1.165) is 24.2 Å². The molecule has 0 saturated heterocycles. The molecule has 4 heteroatoms. The minimum Gasteiger partial charge on any atom is -0.496 e. The van der Waals surface area contributed by atoms with E-state index >= 15 is 0 Å². The number of hydrogen-bond donors (Lipinski definition) is 2. The molecule has 0 aromatic heterocycles. The first kappa shape index (κ1) is 16.3. The molecule has 0 aliphatic heterocycles. The summed E-state index contributed by atoms with van der Waals surface area (Å²) < 4.78 is 5.25. The molecular formula is C16H26N2O2. The molecule has 0 heterocycles. The molecule has 0 spiro atoms. The first-order valence-corrected chi connectivity index (χ1v) is 7.36. The molecule has 1 amide bonds. The molecule has 20 heavy (non-hydrogen) atoms. The highest BCUT2D eigenvalue weighted by molar-refractivity contribution is 5.75. The number of amides is 1. The molecular weight excluding hydrogens is 252 g/mol. The Morgan fingerprint density at radius 3 is 2.70 bits per heavy atom. The number of nitrogens with one attached hydrogen (secondary N) is 1. The van der Waals surface area contributed by atoms with Gasteiger partial charge in [-0.15, -0.1) is 0 Å². The summed E-state index contributed by atoms with van der Waals surface area (Å²) in [5, 5.41) is 2.92. The maximum atomic E-state index is 11.8. The average Bonchev–Trinajstić information content (AvgIpc) is 2.45. The van der Waals surface area contributed by atoms with Crippen molar-refractivity contribution >= 4 is 11.6 Å². The number of benzene rings is 1. The van der Waals surface area contributed by atoms with Gasteiger partial charge in [-0.3, -0.25) is 4.79 Å². The van der Waals surface area contributed by atoms with Crippen LogP contribution in [0.4, 0.5) is 5.69 Å². The molecule has 0 radical (unpaired) electrons. The lowest BCUT2D eigenvalue weighted by Crippen LogP contribution is -2.22. The molecule has 0 unspecified atom stereocenters. The van der Waals surface area contributed by atoms with Gasteiger partial charge in [-0.05, 0) is 24.6 Å². The topological polar surface area (TPSA) is 64.4 Å². The maximum absolute atomic E-state index is 11.8. The smallest absolute Gasteiger partial charge is 0.220 e. The van der Waals surface area contributed by atoms with Crippen LogP contribution >= 0.6 is 0 Å². The minimum absolute atomic E-state index is 0.0889. The second-order valence-corrected chi connectivity index (χ2v) is 5.01. The zero-order valence-corrected chi connectivity index (χ0v) is 12.6. The Hall–Kier alpha value is -1.71. The van der Waals surface area contributed by atoms with E-state index in [2.05, 4.69) is 12.2 Å². The van der Waals surface area contributed by atoms with E-state index in [1.54, 1.807) is 13.2 Å². The van der Waals surface area contributed by atoms with E-state index in [0.29, 0.717) is 18.7 Å². The lowest BCUT2D eigenvalue weighted by atomic mass is 10.1. The summed E-state index contributed by atoms with van der Waals surface area (Å²) in [4.78, 5) is 11.8. The fourth-order valence-corrected chi connectivity index (χ4v) is 2.11. The van der Waals surface area contributed by atoms with Crippen molar-refractivity contribution in [2.75, 3.05) is 12.8 Å². The predicted molar refractivity (Wildman–Crippen MR) is 82.6 cm³/mol. The van der Waals surface area contributed by atoms with Crippen LogP contribution in [0.25, 0.3) is 0 Å². The van der Waals surface area contributed by atoms with E-state index in [1.165, 1.54) is 19.3 Å². The van der Waals surface area contributed by atoms with Gasteiger partial charge in [0.2, 0.25) is 5.91 Å². The molecule has 0 bridgehead atoms. The van der Waals surface area contributed by atoms with Gasteiger partial charge in [-0.1, -0.05) is 32.6 Å². The number of hydrogen-bond acceptors (Lipinski definition) is 3. The molecule has 0 fully saturated rings. The standard InChI is InChI=1S/C16H26N2O2/c1-3-4-5-6-7-8-16(19)18-12-13-11-14(17)9-10-15(13)20-2/h9-11H,3-8,12,17H2,1-2H3,(H,18,19). The van der Waals surface area contributed by atoms with Crippen molar-refractivity contribution in [2.24, 2.45) is 0 Å². The fourth-order valence-electron chi connectivity index (χ4n) is 2.11. The van der Waals surface area contributed by atoms with Crippen molar-refractivity contribution < 1.29 is 9.53 Å². The van der Waals surface area contributed by atoms with Crippen molar-refractivity contribution in [2.45, 2.75) is 52.0 Å². The lowest BCUT2D eigenvalue weighted by Gasteiger charge is -2.10. The monoisotopic (exact) mass is 278 g/mol. The van der Waals surface area contributed by atoms with Gasteiger partial charge in [-0.25, -0.2) is 0 Å². The fraction of sp³-hybridized carbons (Fsp3) is 0.562. The van der Waals surface area contributed by atoms with E-state index in [1.807, 2.05) is 12.1 Å². The molecule has 112 valence electrons. The molecule has 0 aliphatic carbocycles. The van der Waals surface area contributed by atoms with Crippen LogP contribution in [0.15, 0.2) is 18.2 Å². The molecule has 3 N–H and O–H groups in total. The van der Waals surface area contributed by atoms with Crippen molar-refractivity contribution in [1.29, 1.82) is 0 Å². The highest BCUT2D eigenvalue weighted by atomic mass is 16.5. The summed E-state index contributed by atoms with van der Waals surface area (Å²) in [7, 11) is 1.62. The zero-order chi connectivity index (χ0) is 14.8. The number of methoxy groups -OCH3 is 1. The number of unbranched alkanes of at least 4 members (excludes halogenated alkanes) is 4. The van der Waals surface area contributed by atoms with Crippen molar-refractivity contribution in [1.82, 2.24) is 5.32 Å². The Kier molecular flexibility index (Phi) is 7.55. The maximum Gasteiger partial charge on any atom is 0.220 e. The highest BCUT2D eigenvalue weighted by Gasteiger charge is 2.06. The quantitative estimate of drug-likeness (QED) is 0.538. The van der Waals surface area contributed by atoms with Crippen LogP contribution in [0, 0.1) is 0 Å². The van der Waals surface area contributed by atoms with E-state index in [9.17, 15) is 4.79 Å². The van der Waals surface area contributed by atoms with E-state index in [-0.39, 0.29) is 5.91 Å². The third-order valence-electron chi connectivity index (χ3n) is 3.29. The van der Waals surface area contributed by atoms with Gasteiger partial charge in [0.25, 0.3) is 0 Å². The summed E-state index contributed by atoms with van der Waals surface area (Å²) in [5.41, 5.74) is 7.33. The third kappa shape index (κ3) is 5.95. The minimum atomic E-state index is 0.0889. The molecule has 0 saturated carbocycles. The number of ether oxygens (including phenoxy) is 1. The van der Waals surface area contributed by atoms with E-state index < -0.39 is 0 Å². The van der Waals surface area contributed by atoms with Crippen LogP contribution in [0.1, 0.15) is 51.0 Å². The summed E-state index contributed by atoms with van der Waals surface area (Å²) in [6.07, 6.45) is 6.37. The summed E-state index contributed by atoms with van der Waals surface area (Å²) in [6.45, 7) is 2.65. The van der Waals surface area contributed by atoms with Gasteiger partial charge in [-0.2, -0.15) is 0 Å². The Balaban J connectivity index is 2.32. The normalized spacial score (nSPS) is 10.3. The van der Waals surface area contributed by atoms with Gasteiger partial charge >= 0.3 is 0 Å². The summed E-state index contributed by atoms with van der Waals surface area (Å²) >= 11 is 0. The Morgan fingerprint density at radius 2 is 2.00 bits per heavy atom. The number of rotatable bonds is 9. The molecule has 0 atom stereocenters. The van der Waals surface area contributed by atoms with Crippen molar-refractivity contribution in [3.8, 4) is 5.75 Å². The largest absolute Gasteiger partial charge is 0.496 e. The molecule has 1 aromatic rings. The van der Waals surface area contributed by atoms with Crippen LogP contribution < -0.4 is 15.8 Å². The van der Waals surface area contributed by atoms with Crippen LogP contribution in [0.2, 0.25) is 0 Å². The van der Waals surface area contributed by atoms with Crippen molar-refractivity contribution in [3.05, 3.63) is 23.8 Å². The number of carbonyl (C=O) groups is 1. The number of nitrogen functional groups attached to an aromatic ring is 1. The SMILES string of the molecule is CCCCCCCC(=O)NCc1cc(N)ccc1OC. The van der Waals surface area contributed by atoms with Gasteiger partial charge < -0.3 is 15.8 Å². The zero-order valence-electron chi connectivity index (χ0n) is 12.6. The number of anilines is 1. The van der Waals surface area contributed by atoms with Crippen molar-refractivity contribution in [3.63, 3.8) is 0 Å². The van der Waals surface area contributed by atoms with E-state index in [4.69, 9.17) is 10.5 Å². The van der Waals surface area contributed by atoms with Crippen LogP contribution in [0.5, 0.6) is 5.75 Å². The van der Waals surface area contributed by atoms with Crippen LogP contribution in [-0.4, -0.2) is 13.0 Å². The molecule has 0 aliphatic rings. The predicted octanol–water partition coefficient (Wildman–Crippen LogP) is 3.25. The molecule has 1 rings (SSSR count). The van der Waals surface area contributed by atoms with Crippen LogP contribution in [-0.2, 0) is 11.3 Å². The van der Waals surface area contributed by atoms with Crippen LogP contribution in [0.3, 0.4) is 0 Å². The average molecular weight is 278 g/mol. The second-order valence-electron chi connectivity index (χ2n) is 5.01. The summed E-state index contributed by atoms with van der Waals surface area (Å²) in [6, 6.07) is 5.44. The molecule has 4 nitrogen and oxygen atoms in total. The Morgan fingerprint density at radius 1 is 1.25 bits per heavy atom. The highest BCUT2D eigenvalue weighted by Crippen LogP contribution is 2.20. The van der Waals surface area contributed by atoms with Gasteiger partial charge in [0.05, 0.1) is 7.11 Å². The van der Waals surface area contributed by atoms with Gasteiger partial charge in [0.1, 0.15) is 5.75 Å². The first-order chi connectivity index (χ1) is 9.67. The molecule has 1 aromatic carbocycles.